The quantitative estimate of drug-likeness (QED) is 0.897. The molecule has 1 heterocycles. The second-order valence-corrected chi connectivity index (χ2v) is 5.90. The molecular weight excluding hydrogens is 326 g/mol. The van der Waals surface area contributed by atoms with Crippen LogP contribution in [0, 0.1) is 0 Å². The van der Waals surface area contributed by atoms with Crippen LogP contribution in [0.1, 0.15) is 24.2 Å². The molecular formula is C14H17BrClN3. The molecule has 0 aliphatic rings. The highest BCUT2D eigenvalue weighted by atomic mass is 79.9. The Labute approximate surface area is 127 Å². The molecule has 0 aliphatic carbocycles. The van der Waals surface area contributed by atoms with E-state index in [9.17, 15) is 0 Å². The molecule has 2 aromatic rings. The summed E-state index contributed by atoms with van der Waals surface area (Å²) < 4.78 is 2.83. The summed E-state index contributed by atoms with van der Waals surface area (Å²) in [7, 11) is 1.93. The van der Waals surface area contributed by atoms with E-state index in [4.69, 9.17) is 11.6 Å². The molecule has 0 amide bonds. The number of rotatable bonds is 5. The SMILES string of the molecule is CC(NCCc1ccn(C)n1)c1ccc(Br)cc1Cl. The van der Waals surface area contributed by atoms with Crippen molar-refractivity contribution in [3.05, 3.63) is 51.2 Å². The lowest BCUT2D eigenvalue weighted by Gasteiger charge is -2.15. The monoisotopic (exact) mass is 341 g/mol. The van der Waals surface area contributed by atoms with E-state index in [2.05, 4.69) is 33.3 Å². The number of nitrogens with zero attached hydrogens (tertiary/aromatic N) is 2. The van der Waals surface area contributed by atoms with Gasteiger partial charge in [-0.3, -0.25) is 4.68 Å². The fourth-order valence-electron chi connectivity index (χ4n) is 1.98. The fourth-order valence-corrected chi connectivity index (χ4v) is 2.81. The molecule has 0 saturated carbocycles. The molecule has 1 N–H and O–H groups in total. The largest absolute Gasteiger partial charge is 0.310 e. The van der Waals surface area contributed by atoms with E-state index in [1.165, 1.54) is 0 Å². The van der Waals surface area contributed by atoms with Gasteiger partial charge in [0.05, 0.1) is 5.69 Å². The summed E-state index contributed by atoms with van der Waals surface area (Å²) in [5.41, 5.74) is 2.22. The van der Waals surface area contributed by atoms with Crippen molar-refractivity contribution in [3.63, 3.8) is 0 Å². The van der Waals surface area contributed by atoms with Crippen molar-refractivity contribution >= 4 is 27.5 Å². The first-order chi connectivity index (χ1) is 9.06. The molecule has 1 atom stereocenters. The predicted molar refractivity (Wildman–Crippen MR) is 82.5 cm³/mol. The Morgan fingerprint density at radius 2 is 2.21 bits per heavy atom. The summed E-state index contributed by atoms with van der Waals surface area (Å²) >= 11 is 9.65. The van der Waals surface area contributed by atoms with Crippen LogP contribution in [0.15, 0.2) is 34.9 Å². The van der Waals surface area contributed by atoms with Gasteiger partial charge in [0.25, 0.3) is 0 Å². The molecule has 1 aromatic heterocycles. The first-order valence-corrected chi connectivity index (χ1v) is 7.40. The van der Waals surface area contributed by atoms with Crippen LogP contribution in [-0.4, -0.2) is 16.3 Å². The zero-order valence-electron chi connectivity index (χ0n) is 11.0. The van der Waals surface area contributed by atoms with Gasteiger partial charge in [0.2, 0.25) is 0 Å². The molecule has 0 aliphatic heterocycles. The third-order valence-corrected chi connectivity index (χ3v) is 3.85. The lowest BCUT2D eigenvalue weighted by atomic mass is 10.1. The third-order valence-electron chi connectivity index (χ3n) is 3.03. The van der Waals surface area contributed by atoms with E-state index in [1.54, 1.807) is 0 Å². The van der Waals surface area contributed by atoms with Gasteiger partial charge in [-0.05, 0) is 30.7 Å². The van der Waals surface area contributed by atoms with Crippen LogP contribution in [-0.2, 0) is 13.5 Å². The molecule has 1 unspecified atom stereocenters. The maximum atomic E-state index is 6.24. The predicted octanol–water partition coefficient (Wildman–Crippen LogP) is 3.73. The molecule has 19 heavy (non-hydrogen) atoms. The van der Waals surface area contributed by atoms with Crippen LogP contribution in [0.3, 0.4) is 0 Å². The number of hydrogen-bond donors (Lipinski definition) is 1. The average molecular weight is 343 g/mol. The second-order valence-electron chi connectivity index (χ2n) is 4.57. The minimum atomic E-state index is 0.226. The highest BCUT2D eigenvalue weighted by molar-refractivity contribution is 9.10. The van der Waals surface area contributed by atoms with Gasteiger partial charge in [0.1, 0.15) is 0 Å². The van der Waals surface area contributed by atoms with Gasteiger partial charge in [-0.15, -0.1) is 0 Å². The normalized spacial score (nSPS) is 12.6. The topological polar surface area (TPSA) is 29.9 Å². The molecule has 102 valence electrons. The van der Waals surface area contributed by atoms with Gasteiger partial charge >= 0.3 is 0 Å². The molecule has 0 spiro atoms. The summed E-state index contributed by atoms with van der Waals surface area (Å²) in [6, 6.07) is 8.25. The Morgan fingerprint density at radius 3 is 2.84 bits per heavy atom. The number of hydrogen-bond acceptors (Lipinski definition) is 2. The zero-order chi connectivity index (χ0) is 13.8. The van der Waals surface area contributed by atoms with E-state index >= 15 is 0 Å². The van der Waals surface area contributed by atoms with Crippen LogP contribution < -0.4 is 5.32 Å². The molecule has 0 fully saturated rings. The number of aromatic nitrogens is 2. The molecule has 0 saturated heterocycles. The van der Waals surface area contributed by atoms with Crippen LogP contribution in [0.2, 0.25) is 5.02 Å². The Bertz CT molecular complexity index is 553. The summed E-state index contributed by atoms with van der Waals surface area (Å²) in [6.45, 7) is 3.00. The molecule has 2 rings (SSSR count). The van der Waals surface area contributed by atoms with E-state index in [1.807, 2.05) is 42.2 Å². The number of aryl methyl sites for hydroxylation is 1. The van der Waals surface area contributed by atoms with Gasteiger partial charge in [-0.2, -0.15) is 5.10 Å². The van der Waals surface area contributed by atoms with Crippen molar-refractivity contribution in [1.82, 2.24) is 15.1 Å². The smallest absolute Gasteiger partial charge is 0.0637 e. The lowest BCUT2D eigenvalue weighted by Crippen LogP contribution is -2.21. The van der Waals surface area contributed by atoms with E-state index in [0.717, 1.165) is 33.7 Å². The van der Waals surface area contributed by atoms with Crippen molar-refractivity contribution < 1.29 is 0 Å². The van der Waals surface area contributed by atoms with Gasteiger partial charge < -0.3 is 5.32 Å². The molecule has 0 radical (unpaired) electrons. The molecule has 3 nitrogen and oxygen atoms in total. The molecule has 1 aromatic carbocycles. The molecule has 0 bridgehead atoms. The number of nitrogens with one attached hydrogen (secondary N) is 1. The first kappa shape index (κ1) is 14.6. The van der Waals surface area contributed by atoms with Crippen LogP contribution in [0.25, 0.3) is 0 Å². The summed E-state index contributed by atoms with van der Waals surface area (Å²) in [4.78, 5) is 0. The van der Waals surface area contributed by atoms with E-state index in [0.29, 0.717) is 0 Å². The Morgan fingerprint density at radius 1 is 1.42 bits per heavy atom. The number of halogens is 2. The van der Waals surface area contributed by atoms with Crippen molar-refractivity contribution in [1.29, 1.82) is 0 Å². The van der Waals surface area contributed by atoms with E-state index < -0.39 is 0 Å². The van der Waals surface area contributed by atoms with Crippen LogP contribution >= 0.6 is 27.5 Å². The Hall–Kier alpha value is -0.840. The van der Waals surface area contributed by atoms with Gasteiger partial charge in [-0.25, -0.2) is 0 Å². The Balaban J connectivity index is 1.88. The van der Waals surface area contributed by atoms with Gasteiger partial charge in [0.15, 0.2) is 0 Å². The van der Waals surface area contributed by atoms with Crippen molar-refractivity contribution in [2.45, 2.75) is 19.4 Å². The third kappa shape index (κ3) is 4.06. The maximum absolute atomic E-state index is 6.24. The van der Waals surface area contributed by atoms with Crippen LogP contribution in [0.4, 0.5) is 0 Å². The number of benzene rings is 1. The maximum Gasteiger partial charge on any atom is 0.0637 e. The minimum Gasteiger partial charge on any atom is -0.310 e. The van der Waals surface area contributed by atoms with Gasteiger partial charge in [0, 0.05) is 41.7 Å². The van der Waals surface area contributed by atoms with Crippen molar-refractivity contribution in [2.24, 2.45) is 7.05 Å². The first-order valence-electron chi connectivity index (χ1n) is 6.23. The fraction of sp³-hybridized carbons (Fsp3) is 0.357. The summed E-state index contributed by atoms with van der Waals surface area (Å²) in [6.07, 6.45) is 2.88. The molecule has 5 heteroatoms. The zero-order valence-corrected chi connectivity index (χ0v) is 13.4. The second kappa shape index (κ2) is 6.55. The summed E-state index contributed by atoms with van der Waals surface area (Å²) in [5, 5.41) is 8.61. The van der Waals surface area contributed by atoms with E-state index in [-0.39, 0.29) is 6.04 Å². The highest BCUT2D eigenvalue weighted by Gasteiger charge is 2.09. The summed E-state index contributed by atoms with van der Waals surface area (Å²) in [5.74, 6) is 0. The Kier molecular flexibility index (Phi) is 5.02. The highest BCUT2D eigenvalue weighted by Crippen LogP contribution is 2.26. The lowest BCUT2D eigenvalue weighted by molar-refractivity contribution is 0.571. The minimum absolute atomic E-state index is 0.226. The average Bonchev–Trinajstić information content (AvgIpc) is 2.75. The van der Waals surface area contributed by atoms with Crippen molar-refractivity contribution in [3.8, 4) is 0 Å². The van der Waals surface area contributed by atoms with Gasteiger partial charge in [-0.1, -0.05) is 33.6 Å². The van der Waals surface area contributed by atoms with Crippen molar-refractivity contribution in [2.75, 3.05) is 6.54 Å². The van der Waals surface area contributed by atoms with Crippen LogP contribution in [0.5, 0.6) is 0 Å². The standard InChI is InChI=1S/C14H17BrClN3/c1-10(13-4-3-11(15)9-14(13)16)17-7-5-12-6-8-19(2)18-12/h3-4,6,8-10,17H,5,7H2,1-2H3.